The smallest absolute Gasteiger partial charge is 0.240 e. The van der Waals surface area contributed by atoms with Crippen LogP contribution in [0.15, 0.2) is 30.3 Å². The first-order valence-electron chi connectivity index (χ1n) is 4.84. The highest BCUT2D eigenvalue weighted by Gasteiger charge is 2.08. The topological polar surface area (TPSA) is 69.6 Å². The summed E-state index contributed by atoms with van der Waals surface area (Å²) in [5, 5.41) is 11.0. The summed E-state index contributed by atoms with van der Waals surface area (Å²) < 4.78 is 1.61. The van der Waals surface area contributed by atoms with Gasteiger partial charge in [-0.05, 0) is 16.0 Å². The lowest BCUT2D eigenvalue weighted by Gasteiger charge is -2.11. The molecule has 1 aromatic carbocycles. The average Bonchev–Trinajstić information content (AvgIpc) is 2.66. The first kappa shape index (κ1) is 9.64. The number of hydrogen-bond donors (Lipinski definition) is 1. The SMILES string of the molecule is CC(Cn1nnnc1N)c1ccccc1. The summed E-state index contributed by atoms with van der Waals surface area (Å²) >= 11 is 0. The Morgan fingerprint density at radius 1 is 1.33 bits per heavy atom. The van der Waals surface area contributed by atoms with Crippen LogP contribution in [-0.2, 0) is 6.54 Å². The maximum absolute atomic E-state index is 5.59. The summed E-state index contributed by atoms with van der Waals surface area (Å²) in [5.41, 5.74) is 6.85. The van der Waals surface area contributed by atoms with Crippen molar-refractivity contribution in [2.75, 3.05) is 5.73 Å². The van der Waals surface area contributed by atoms with Crippen molar-refractivity contribution >= 4 is 5.95 Å². The van der Waals surface area contributed by atoms with Gasteiger partial charge in [0.2, 0.25) is 5.95 Å². The van der Waals surface area contributed by atoms with Gasteiger partial charge in [0.25, 0.3) is 0 Å². The van der Waals surface area contributed by atoms with E-state index in [9.17, 15) is 0 Å². The molecule has 5 heteroatoms. The van der Waals surface area contributed by atoms with Crippen molar-refractivity contribution < 1.29 is 0 Å². The standard InChI is InChI=1S/C10H13N5/c1-8(9-5-3-2-4-6-9)7-15-10(11)12-13-14-15/h2-6,8H,7H2,1H3,(H2,11,12,14). The fourth-order valence-corrected chi connectivity index (χ4v) is 1.49. The van der Waals surface area contributed by atoms with Gasteiger partial charge in [0, 0.05) is 5.92 Å². The van der Waals surface area contributed by atoms with E-state index >= 15 is 0 Å². The lowest BCUT2D eigenvalue weighted by atomic mass is 10.0. The fourth-order valence-electron chi connectivity index (χ4n) is 1.49. The number of benzene rings is 1. The Bertz CT molecular complexity index is 422. The molecule has 0 fully saturated rings. The molecule has 0 amide bonds. The maximum Gasteiger partial charge on any atom is 0.240 e. The summed E-state index contributed by atoms with van der Waals surface area (Å²) in [6.07, 6.45) is 0. The Kier molecular flexibility index (Phi) is 2.62. The largest absolute Gasteiger partial charge is 0.367 e. The third kappa shape index (κ3) is 2.12. The van der Waals surface area contributed by atoms with Crippen LogP contribution in [0.5, 0.6) is 0 Å². The molecule has 0 spiro atoms. The van der Waals surface area contributed by atoms with Gasteiger partial charge in [0.1, 0.15) is 0 Å². The van der Waals surface area contributed by atoms with Gasteiger partial charge >= 0.3 is 0 Å². The van der Waals surface area contributed by atoms with Crippen molar-refractivity contribution in [1.29, 1.82) is 0 Å². The molecule has 0 bridgehead atoms. The van der Waals surface area contributed by atoms with Gasteiger partial charge in [-0.2, -0.15) is 0 Å². The summed E-state index contributed by atoms with van der Waals surface area (Å²) in [6.45, 7) is 2.82. The maximum atomic E-state index is 5.59. The molecule has 0 aliphatic carbocycles. The summed E-state index contributed by atoms with van der Waals surface area (Å²) in [7, 11) is 0. The quantitative estimate of drug-likeness (QED) is 0.809. The van der Waals surface area contributed by atoms with E-state index in [2.05, 4.69) is 34.6 Å². The molecule has 1 heterocycles. The Morgan fingerprint density at radius 3 is 2.67 bits per heavy atom. The molecule has 0 radical (unpaired) electrons. The molecule has 15 heavy (non-hydrogen) atoms. The number of tetrazole rings is 1. The molecule has 0 aliphatic heterocycles. The molecule has 1 aromatic heterocycles. The van der Waals surface area contributed by atoms with Gasteiger partial charge in [-0.25, -0.2) is 4.68 Å². The number of nitrogens with zero attached hydrogens (tertiary/aromatic N) is 4. The molecule has 5 nitrogen and oxygen atoms in total. The number of aromatic nitrogens is 4. The van der Waals surface area contributed by atoms with E-state index in [1.54, 1.807) is 4.68 Å². The van der Waals surface area contributed by atoms with E-state index in [0.717, 1.165) is 0 Å². The third-order valence-corrected chi connectivity index (χ3v) is 2.38. The van der Waals surface area contributed by atoms with Crippen LogP contribution in [-0.4, -0.2) is 20.2 Å². The number of nitrogen functional groups attached to an aromatic ring is 1. The number of anilines is 1. The first-order chi connectivity index (χ1) is 7.27. The summed E-state index contributed by atoms with van der Waals surface area (Å²) in [5.74, 6) is 0.704. The van der Waals surface area contributed by atoms with Crippen LogP contribution in [0.25, 0.3) is 0 Å². The molecular weight excluding hydrogens is 190 g/mol. The Labute approximate surface area is 87.9 Å². The zero-order chi connectivity index (χ0) is 10.7. The Balaban J connectivity index is 2.11. The zero-order valence-corrected chi connectivity index (χ0v) is 8.54. The molecular formula is C10H13N5. The minimum Gasteiger partial charge on any atom is -0.367 e. The van der Waals surface area contributed by atoms with Crippen LogP contribution in [0.3, 0.4) is 0 Å². The number of rotatable bonds is 3. The van der Waals surface area contributed by atoms with Gasteiger partial charge in [0.15, 0.2) is 0 Å². The molecule has 1 unspecified atom stereocenters. The average molecular weight is 203 g/mol. The second kappa shape index (κ2) is 4.08. The molecule has 78 valence electrons. The Hall–Kier alpha value is -1.91. The van der Waals surface area contributed by atoms with E-state index in [1.165, 1.54) is 5.56 Å². The number of nitrogens with two attached hydrogens (primary N) is 1. The molecule has 0 aliphatic rings. The highest BCUT2D eigenvalue weighted by molar-refractivity contribution is 5.19. The molecule has 1 atom stereocenters. The van der Waals surface area contributed by atoms with Crippen LogP contribution >= 0.6 is 0 Å². The van der Waals surface area contributed by atoms with Gasteiger partial charge in [-0.3, -0.25) is 0 Å². The fraction of sp³-hybridized carbons (Fsp3) is 0.300. The second-order valence-corrected chi connectivity index (χ2v) is 3.53. The zero-order valence-electron chi connectivity index (χ0n) is 8.54. The number of hydrogen-bond acceptors (Lipinski definition) is 4. The van der Waals surface area contributed by atoms with E-state index in [-0.39, 0.29) is 0 Å². The van der Waals surface area contributed by atoms with Crippen molar-refractivity contribution in [3.05, 3.63) is 35.9 Å². The normalized spacial score (nSPS) is 12.6. The van der Waals surface area contributed by atoms with Crippen LogP contribution in [0, 0.1) is 0 Å². The summed E-state index contributed by atoms with van der Waals surface area (Å²) in [6, 6.07) is 10.2. The van der Waals surface area contributed by atoms with Gasteiger partial charge in [-0.1, -0.05) is 42.4 Å². The lowest BCUT2D eigenvalue weighted by molar-refractivity contribution is 0.532. The molecule has 0 saturated heterocycles. The van der Waals surface area contributed by atoms with E-state index < -0.39 is 0 Å². The third-order valence-electron chi connectivity index (χ3n) is 2.38. The summed E-state index contributed by atoms with van der Waals surface area (Å²) in [4.78, 5) is 0. The minimum absolute atomic E-state index is 0.344. The van der Waals surface area contributed by atoms with E-state index in [1.807, 2.05) is 18.2 Å². The van der Waals surface area contributed by atoms with Gasteiger partial charge < -0.3 is 5.73 Å². The predicted octanol–water partition coefficient (Wildman–Crippen LogP) is 1.06. The van der Waals surface area contributed by atoms with Gasteiger partial charge in [-0.15, -0.1) is 0 Å². The van der Waals surface area contributed by atoms with Crippen molar-refractivity contribution in [1.82, 2.24) is 20.2 Å². The van der Waals surface area contributed by atoms with Crippen molar-refractivity contribution in [2.24, 2.45) is 0 Å². The van der Waals surface area contributed by atoms with Crippen LogP contribution < -0.4 is 5.73 Å². The highest BCUT2D eigenvalue weighted by atomic mass is 15.6. The molecule has 2 aromatic rings. The van der Waals surface area contributed by atoms with Crippen LogP contribution in [0.2, 0.25) is 0 Å². The van der Waals surface area contributed by atoms with Gasteiger partial charge in [0.05, 0.1) is 6.54 Å². The van der Waals surface area contributed by atoms with E-state index in [0.29, 0.717) is 18.4 Å². The van der Waals surface area contributed by atoms with Crippen LogP contribution in [0.1, 0.15) is 18.4 Å². The predicted molar refractivity (Wildman–Crippen MR) is 57.1 cm³/mol. The van der Waals surface area contributed by atoms with Crippen molar-refractivity contribution in [2.45, 2.75) is 19.4 Å². The van der Waals surface area contributed by atoms with Crippen molar-refractivity contribution in [3.63, 3.8) is 0 Å². The molecule has 0 saturated carbocycles. The van der Waals surface area contributed by atoms with E-state index in [4.69, 9.17) is 5.73 Å². The molecule has 2 N–H and O–H groups in total. The first-order valence-corrected chi connectivity index (χ1v) is 4.84. The highest BCUT2D eigenvalue weighted by Crippen LogP contribution is 2.16. The minimum atomic E-state index is 0.344. The lowest BCUT2D eigenvalue weighted by Crippen LogP contribution is -2.10. The second-order valence-electron chi connectivity index (χ2n) is 3.53. The van der Waals surface area contributed by atoms with Crippen molar-refractivity contribution in [3.8, 4) is 0 Å². The van der Waals surface area contributed by atoms with Crippen LogP contribution in [0.4, 0.5) is 5.95 Å². The Morgan fingerprint density at radius 2 is 2.07 bits per heavy atom. The monoisotopic (exact) mass is 203 g/mol. The molecule has 2 rings (SSSR count).